The summed E-state index contributed by atoms with van der Waals surface area (Å²) in [5.41, 5.74) is 1.87. The molecule has 2 N–H and O–H groups in total. The van der Waals surface area contributed by atoms with Crippen LogP contribution in [0, 0.1) is 3.95 Å². The van der Waals surface area contributed by atoms with Crippen molar-refractivity contribution in [1.29, 1.82) is 0 Å². The summed E-state index contributed by atoms with van der Waals surface area (Å²) in [6, 6.07) is 5.85. The van der Waals surface area contributed by atoms with Crippen molar-refractivity contribution in [3.63, 3.8) is 0 Å². The molecule has 124 valence electrons. The van der Waals surface area contributed by atoms with Crippen molar-refractivity contribution in [2.45, 2.75) is 51.4 Å². The molecule has 2 rings (SSSR count). The van der Waals surface area contributed by atoms with Crippen molar-refractivity contribution in [3.8, 4) is 0 Å². The maximum absolute atomic E-state index is 12.0. The summed E-state index contributed by atoms with van der Waals surface area (Å²) in [5.74, 6) is 0.0927. The van der Waals surface area contributed by atoms with E-state index in [1.54, 1.807) is 0 Å². The summed E-state index contributed by atoms with van der Waals surface area (Å²) >= 11 is 6.66. The van der Waals surface area contributed by atoms with Crippen molar-refractivity contribution in [1.82, 2.24) is 4.98 Å². The van der Waals surface area contributed by atoms with Crippen LogP contribution in [-0.4, -0.2) is 10.9 Å². The van der Waals surface area contributed by atoms with E-state index in [0.717, 1.165) is 39.1 Å². The molecule has 0 radical (unpaired) electrons. The minimum atomic E-state index is 0.0927. The third-order valence-electron chi connectivity index (χ3n) is 3.77. The van der Waals surface area contributed by atoms with Gasteiger partial charge in [0.1, 0.15) is 0 Å². The molecule has 0 spiro atoms. The number of aromatic amines is 1. The number of carbonyl (C=O) groups excluding carboxylic acids is 1. The highest BCUT2D eigenvalue weighted by Gasteiger charge is 2.04. The van der Waals surface area contributed by atoms with Gasteiger partial charge in [-0.15, -0.1) is 17.9 Å². The Bertz CT molecular complexity index is 702. The number of aromatic nitrogens is 1. The predicted octanol–water partition coefficient (Wildman–Crippen LogP) is 6.20. The summed E-state index contributed by atoms with van der Waals surface area (Å²) in [6.07, 6.45) is 10.7. The molecule has 1 aromatic carbocycles. The minimum absolute atomic E-state index is 0.0927. The van der Waals surface area contributed by atoms with Crippen LogP contribution >= 0.6 is 23.6 Å². The van der Waals surface area contributed by atoms with Crippen molar-refractivity contribution in [3.05, 3.63) is 34.8 Å². The third kappa shape index (κ3) is 6.28. The lowest BCUT2D eigenvalue weighted by atomic mass is 10.1. The first kappa shape index (κ1) is 17.9. The van der Waals surface area contributed by atoms with Crippen LogP contribution in [0.15, 0.2) is 30.9 Å². The van der Waals surface area contributed by atoms with Crippen LogP contribution in [0.25, 0.3) is 10.2 Å². The standard InChI is InChI=1S/C18H24N2OS2/c1-2-3-4-5-6-7-8-9-10-17(21)19-14-11-12-15-16(13-14)23-18(22)20-15/h2,11-13H,1,3-10H2,(H,19,21)(H,20,22). The quantitative estimate of drug-likeness (QED) is 0.305. The number of carbonyl (C=O) groups is 1. The van der Waals surface area contributed by atoms with E-state index in [-0.39, 0.29) is 5.91 Å². The smallest absolute Gasteiger partial charge is 0.224 e. The van der Waals surface area contributed by atoms with Gasteiger partial charge in [0, 0.05) is 12.1 Å². The van der Waals surface area contributed by atoms with Gasteiger partial charge in [0.2, 0.25) is 5.91 Å². The van der Waals surface area contributed by atoms with E-state index in [1.807, 2.05) is 24.3 Å². The fraction of sp³-hybridized carbons (Fsp3) is 0.444. The molecular weight excluding hydrogens is 324 g/mol. The number of unbranched alkanes of at least 4 members (excludes halogenated alkanes) is 6. The first-order valence-corrected chi connectivity index (χ1v) is 9.45. The van der Waals surface area contributed by atoms with Gasteiger partial charge in [-0.3, -0.25) is 4.79 Å². The van der Waals surface area contributed by atoms with Gasteiger partial charge in [0.05, 0.1) is 10.2 Å². The van der Waals surface area contributed by atoms with E-state index in [4.69, 9.17) is 12.2 Å². The molecule has 0 atom stereocenters. The molecule has 5 heteroatoms. The van der Waals surface area contributed by atoms with Gasteiger partial charge in [-0.05, 0) is 49.7 Å². The van der Waals surface area contributed by atoms with Gasteiger partial charge in [-0.25, -0.2) is 0 Å². The number of anilines is 1. The van der Waals surface area contributed by atoms with Gasteiger partial charge in [0.15, 0.2) is 3.95 Å². The second-order valence-electron chi connectivity index (χ2n) is 5.72. The molecule has 0 saturated heterocycles. The Morgan fingerprint density at radius 1 is 1.22 bits per heavy atom. The molecule has 1 heterocycles. The van der Waals surface area contributed by atoms with E-state index >= 15 is 0 Å². The zero-order chi connectivity index (χ0) is 16.5. The molecule has 23 heavy (non-hydrogen) atoms. The molecule has 0 aliphatic rings. The molecule has 3 nitrogen and oxygen atoms in total. The SMILES string of the molecule is C=CCCCCCCCCC(=O)Nc1ccc2[nH]c(=S)sc2c1. The third-order valence-corrected chi connectivity index (χ3v) is 4.96. The summed E-state index contributed by atoms with van der Waals surface area (Å²) < 4.78 is 1.84. The molecule has 0 fully saturated rings. The van der Waals surface area contributed by atoms with Crippen molar-refractivity contribution in [2.75, 3.05) is 5.32 Å². The number of fused-ring (bicyclic) bond motifs is 1. The monoisotopic (exact) mass is 348 g/mol. The largest absolute Gasteiger partial charge is 0.337 e. The number of hydrogen-bond acceptors (Lipinski definition) is 3. The minimum Gasteiger partial charge on any atom is -0.337 e. The van der Waals surface area contributed by atoms with Crippen molar-refractivity contribution < 1.29 is 4.79 Å². The lowest BCUT2D eigenvalue weighted by Crippen LogP contribution is -2.10. The van der Waals surface area contributed by atoms with E-state index in [1.165, 1.54) is 37.0 Å². The molecule has 1 aromatic heterocycles. The molecule has 0 unspecified atom stereocenters. The Labute approximate surface area is 146 Å². The number of hydrogen-bond donors (Lipinski definition) is 2. The average molecular weight is 349 g/mol. The fourth-order valence-corrected chi connectivity index (χ4v) is 3.68. The summed E-state index contributed by atoms with van der Waals surface area (Å²) in [7, 11) is 0. The van der Waals surface area contributed by atoms with Gasteiger partial charge in [-0.2, -0.15) is 0 Å². The molecule has 1 amide bonds. The fourth-order valence-electron chi connectivity index (χ4n) is 2.53. The highest BCUT2D eigenvalue weighted by atomic mass is 32.1. The molecular formula is C18H24N2OS2. The van der Waals surface area contributed by atoms with Gasteiger partial charge in [0.25, 0.3) is 0 Å². The van der Waals surface area contributed by atoms with Crippen LogP contribution in [0.2, 0.25) is 0 Å². The van der Waals surface area contributed by atoms with Crippen LogP contribution in [-0.2, 0) is 4.79 Å². The Morgan fingerprint density at radius 3 is 2.74 bits per heavy atom. The lowest BCUT2D eigenvalue weighted by molar-refractivity contribution is -0.116. The van der Waals surface area contributed by atoms with E-state index in [9.17, 15) is 4.79 Å². The zero-order valence-corrected chi connectivity index (χ0v) is 15.0. The molecule has 0 aliphatic heterocycles. The Hall–Kier alpha value is -1.46. The molecule has 0 aliphatic carbocycles. The number of rotatable bonds is 10. The van der Waals surface area contributed by atoms with Gasteiger partial charge < -0.3 is 10.3 Å². The molecule has 0 saturated carbocycles. The van der Waals surface area contributed by atoms with E-state index in [2.05, 4.69) is 16.9 Å². The van der Waals surface area contributed by atoms with Gasteiger partial charge in [-0.1, -0.05) is 31.8 Å². The Morgan fingerprint density at radius 2 is 1.96 bits per heavy atom. The Balaban J connectivity index is 1.65. The van der Waals surface area contributed by atoms with Crippen molar-refractivity contribution in [2.24, 2.45) is 0 Å². The molecule has 0 bridgehead atoms. The summed E-state index contributed by atoms with van der Waals surface area (Å²) in [4.78, 5) is 15.1. The predicted molar refractivity (Wildman–Crippen MR) is 103 cm³/mol. The summed E-state index contributed by atoms with van der Waals surface area (Å²) in [5, 5.41) is 2.97. The number of allylic oxidation sites excluding steroid dienone is 1. The van der Waals surface area contributed by atoms with Crippen LogP contribution in [0.3, 0.4) is 0 Å². The number of benzene rings is 1. The highest BCUT2D eigenvalue weighted by molar-refractivity contribution is 7.73. The van der Waals surface area contributed by atoms with Crippen LogP contribution in [0.1, 0.15) is 51.4 Å². The normalized spacial score (nSPS) is 10.8. The topological polar surface area (TPSA) is 44.9 Å². The van der Waals surface area contributed by atoms with Gasteiger partial charge >= 0.3 is 0 Å². The highest BCUT2D eigenvalue weighted by Crippen LogP contribution is 2.23. The number of nitrogens with one attached hydrogen (secondary N) is 2. The number of amides is 1. The van der Waals surface area contributed by atoms with Crippen LogP contribution in [0.5, 0.6) is 0 Å². The summed E-state index contributed by atoms with van der Waals surface area (Å²) in [6.45, 7) is 3.73. The molecule has 2 aromatic rings. The first-order chi connectivity index (χ1) is 11.2. The second-order valence-corrected chi connectivity index (χ2v) is 7.44. The second kappa shape index (κ2) is 9.63. The Kier molecular flexibility index (Phi) is 7.49. The maximum atomic E-state index is 12.0. The zero-order valence-electron chi connectivity index (χ0n) is 13.4. The van der Waals surface area contributed by atoms with Crippen LogP contribution < -0.4 is 5.32 Å². The number of thiazole rings is 1. The maximum Gasteiger partial charge on any atom is 0.224 e. The lowest BCUT2D eigenvalue weighted by Gasteiger charge is -2.05. The van der Waals surface area contributed by atoms with E-state index < -0.39 is 0 Å². The average Bonchev–Trinajstić information content (AvgIpc) is 2.89. The first-order valence-electron chi connectivity index (χ1n) is 8.22. The van der Waals surface area contributed by atoms with Crippen molar-refractivity contribution >= 4 is 45.4 Å². The number of H-pyrrole nitrogens is 1. The van der Waals surface area contributed by atoms with Crippen LogP contribution in [0.4, 0.5) is 5.69 Å². The van der Waals surface area contributed by atoms with E-state index in [0.29, 0.717) is 6.42 Å².